The molecule has 0 spiro atoms. The van der Waals surface area contributed by atoms with E-state index in [0.717, 1.165) is 0 Å². The zero-order chi connectivity index (χ0) is 20.0. The van der Waals surface area contributed by atoms with E-state index in [1.807, 2.05) is 0 Å². The molecule has 2 rings (SSSR count). The number of benzene rings is 2. The van der Waals surface area contributed by atoms with E-state index in [0.29, 0.717) is 15.8 Å². The molecule has 0 bridgehead atoms. The van der Waals surface area contributed by atoms with Gasteiger partial charge in [0.05, 0.1) is 22.7 Å². The number of nitrogens with zero attached hydrogens (tertiary/aromatic N) is 2. The molecule has 0 aromatic heterocycles. The maximum atomic E-state index is 12.0. The molecule has 0 aliphatic heterocycles. The molecule has 0 saturated carbocycles. The number of ether oxygens (including phenoxy) is 2. The van der Waals surface area contributed by atoms with Gasteiger partial charge >= 0.3 is 5.97 Å². The van der Waals surface area contributed by atoms with Crippen molar-refractivity contribution in [1.29, 1.82) is 0 Å². The first-order chi connectivity index (χ1) is 12.8. The average molecular weight is 436 g/mol. The fourth-order valence-corrected chi connectivity index (χ4v) is 2.56. The molecule has 0 unspecified atom stereocenters. The van der Waals surface area contributed by atoms with Crippen molar-refractivity contribution in [2.75, 3.05) is 7.11 Å². The van der Waals surface area contributed by atoms with Gasteiger partial charge in [-0.25, -0.2) is 5.43 Å². The van der Waals surface area contributed by atoms with Crippen LogP contribution in [0.25, 0.3) is 0 Å². The van der Waals surface area contributed by atoms with Crippen molar-refractivity contribution in [1.82, 2.24) is 5.43 Å². The second-order valence-corrected chi connectivity index (χ2v) is 5.99. The van der Waals surface area contributed by atoms with Gasteiger partial charge < -0.3 is 9.47 Å². The summed E-state index contributed by atoms with van der Waals surface area (Å²) in [5.74, 6) is -0.478. The summed E-state index contributed by atoms with van der Waals surface area (Å²) in [5, 5.41) is 14.5. The molecule has 0 heterocycles. The number of nitrogens with one attached hydrogen (secondary N) is 1. The van der Waals surface area contributed by atoms with Crippen molar-refractivity contribution < 1.29 is 24.0 Å². The van der Waals surface area contributed by atoms with Crippen LogP contribution >= 0.6 is 15.9 Å². The predicted molar refractivity (Wildman–Crippen MR) is 100 cm³/mol. The molecule has 2 aromatic carbocycles. The molecule has 2 aromatic rings. The van der Waals surface area contributed by atoms with Gasteiger partial charge in [0, 0.05) is 24.6 Å². The van der Waals surface area contributed by atoms with Gasteiger partial charge in [0.25, 0.3) is 11.6 Å². The summed E-state index contributed by atoms with van der Waals surface area (Å²) < 4.78 is 10.7. The Morgan fingerprint density at radius 3 is 2.48 bits per heavy atom. The Balaban J connectivity index is 2.11. The molecule has 0 aliphatic rings. The number of carbonyl (C=O) groups excluding carboxylic acids is 2. The molecule has 9 nitrogen and oxygen atoms in total. The highest BCUT2D eigenvalue weighted by atomic mass is 79.9. The van der Waals surface area contributed by atoms with Crippen LogP contribution in [0.15, 0.2) is 46.0 Å². The topological polar surface area (TPSA) is 120 Å². The third-order valence-corrected chi connectivity index (χ3v) is 3.81. The number of non-ortho nitro benzene ring substituents is 1. The number of amides is 1. The second-order valence-electron chi connectivity index (χ2n) is 5.13. The molecule has 10 heteroatoms. The van der Waals surface area contributed by atoms with Gasteiger partial charge in [-0.15, -0.1) is 0 Å². The fraction of sp³-hybridized carbons (Fsp3) is 0.118. The van der Waals surface area contributed by atoms with E-state index in [2.05, 4.69) is 26.5 Å². The standard InChI is InChI=1S/C17H14BrN3O6/c1-10(22)27-16-14(18)7-11(8-15(16)26-2)9-19-20-17(23)12-3-5-13(6-4-12)21(24)25/h3-9H,1-2H3,(H,20,23)/b19-9-. The summed E-state index contributed by atoms with van der Waals surface area (Å²) >= 11 is 3.28. The molecule has 1 amide bonds. The number of nitro benzene ring substituents is 1. The van der Waals surface area contributed by atoms with Crippen LogP contribution in [-0.4, -0.2) is 30.1 Å². The van der Waals surface area contributed by atoms with Gasteiger partial charge in [-0.05, 0) is 45.8 Å². The minimum atomic E-state index is -0.551. The van der Waals surface area contributed by atoms with E-state index < -0.39 is 16.8 Å². The Morgan fingerprint density at radius 2 is 1.93 bits per heavy atom. The highest BCUT2D eigenvalue weighted by Crippen LogP contribution is 2.36. The lowest BCUT2D eigenvalue weighted by Crippen LogP contribution is -2.17. The molecule has 0 aliphatic carbocycles. The molecule has 0 radical (unpaired) electrons. The van der Waals surface area contributed by atoms with Crippen molar-refractivity contribution in [3.63, 3.8) is 0 Å². The summed E-state index contributed by atoms with van der Waals surface area (Å²) in [7, 11) is 1.42. The van der Waals surface area contributed by atoms with Crippen molar-refractivity contribution in [2.24, 2.45) is 5.10 Å². The number of nitro groups is 1. The van der Waals surface area contributed by atoms with Gasteiger partial charge in [-0.2, -0.15) is 5.10 Å². The Kier molecular flexibility index (Phi) is 6.61. The largest absolute Gasteiger partial charge is 0.493 e. The van der Waals surface area contributed by atoms with Crippen molar-refractivity contribution >= 4 is 39.7 Å². The van der Waals surface area contributed by atoms with Crippen LogP contribution in [-0.2, 0) is 4.79 Å². The number of halogens is 1. The molecule has 27 heavy (non-hydrogen) atoms. The number of rotatable bonds is 6. The molecule has 0 fully saturated rings. The van der Waals surface area contributed by atoms with E-state index in [1.165, 1.54) is 44.5 Å². The quantitative estimate of drug-likeness (QED) is 0.244. The second kappa shape index (κ2) is 8.90. The monoisotopic (exact) mass is 435 g/mol. The lowest BCUT2D eigenvalue weighted by Gasteiger charge is -2.10. The Labute approximate surface area is 162 Å². The maximum absolute atomic E-state index is 12.0. The number of hydrazone groups is 1. The number of carbonyl (C=O) groups is 2. The first-order valence-electron chi connectivity index (χ1n) is 7.45. The number of hydrogen-bond acceptors (Lipinski definition) is 7. The smallest absolute Gasteiger partial charge is 0.308 e. The summed E-state index contributed by atoms with van der Waals surface area (Å²) in [6.07, 6.45) is 1.37. The van der Waals surface area contributed by atoms with Gasteiger partial charge in [-0.1, -0.05) is 0 Å². The van der Waals surface area contributed by atoms with Crippen LogP contribution < -0.4 is 14.9 Å². The van der Waals surface area contributed by atoms with Gasteiger partial charge in [0.2, 0.25) is 0 Å². The zero-order valence-electron chi connectivity index (χ0n) is 14.3. The van der Waals surface area contributed by atoms with Crippen LogP contribution in [0.5, 0.6) is 11.5 Å². The van der Waals surface area contributed by atoms with Crippen LogP contribution in [0.3, 0.4) is 0 Å². The minimum Gasteiger partial charge on any atom is -0.493 e. The third-order valence-electron chi connectivity index (χ3n) is 3.22. The molecule has 1 N–H and O–H groups in total. The highest BCUT2D eigenvalue weighted by Gasteiger charge is 2.13. The molecule has 0 atom stereocenters. The fourth-order valence-electron chi connectivity index (χ4n) is 2.02. The van der Waals surface area contributed by atoms with Crippen molar-refractivity contribution in [3.8, 4) is 11.5 Å². The van der Waals surface area contributed by atoms with Crippen LogP contribution in [0.4, 0.5) is 5.69 Å². The third kappa shape index (κ3) is 5.35. The number of methoxy groups -OCH3 is 1. The SMILES string of the molecule is COc1cc(/C=N\NC(=O)c2ccc([N+](=O)[O-])cc2)cc(Br)c1OC(C)=O. The highest BCUT2D eigenvalue weighted by molar-refractivity contribution is 9.10. The predicted octanol–water partition coefficient (Wildman–Crippen LogP) is 3.06. The van der Waals surface area contributed by atoms with E-state index in [9.17, 15) is 19.7 Å². The zero-order valence-corrected chi connectivity index (χ0v) is 15.8. The number of esters is 1. The van der Waals surface area contributed by atoms with E-state index in [-0.39, 0.29) is 17.0 Å². The lowest BCUT2D eigenvalue weighted by atomic mass is 10.2. The maximum Gasteiger partial charge on any atom is 0.308 e. The Bertz CT molecular complexity index is 912. The van der Waals surface area contributed by atoms with E-state index >= 15 is 0 Å². The van der Waals surface area contributed by atoms with E-state index in [1.54, 1.807) is 12.1 Å². The van der Waals surface area contributed by atoms with E-state index in [4.69, 9.17) is 9.47 Å². The minimum absolute atomic E-state index is 0.111. The molecular formula is C17H14BrN3O6. The molecule has 140 valence electrons. The Hall–Kier alpha value is -3.27. The number of hydrogen-bond donors (Lipinski definition) is 1. The van der Waals surface area contributed by atoms with Crippen LogP contribution in [0.2, 0.25) is 0 Å². The Morgan fingerprint density at radius 1 is 1.26 bits per heavy atom. The first-order valence-corrected chi connectivity index (χ1v) is 8.25. The summed E-state index contributed by atoms with van der Waals surface area (Å²) in [5.41, 5.74) is 3.00. The van der Waals surface area contributed by atoms with Crippen molar-refractivity contribution in [2.45, 2.75) is 6.92 Å². The first kappa shape index (κ1) is 20.0. The van der Waals surface area contributed by atoms with Crippen LogP contribution in [0, 0.1) is 10.1 Å². The van der Waals surface area contributed by atoms with Gasteiger partial charge in [0.15, 0.2) is 11.5 Å². The summed E-state index contributed by atoms with van der Waals surface area (Å²) in [6.45, 7) is 1.27. The van der Waals surface area contributed by atoms with Crippen LogP contribution in [0.1, 0.15) is 22.8 Å². The van der Waals surface area contributed by atoms with Gasteiger partial charge in [-0.3, -0.25) is 19.7 Å². The normalized spacial score (nSPS) is 10.5. The van der Waals surface area contributed by atoms with Gasteiger partial charge in [0.1, 0.15) is 0 Å². The molecular weight excluding hydrogens is 422 g/mol. The summed E-state index contributed by atoms with van der Waals surface area (Å²) in [4.78, 5) is 33.2. The lowest BCUT2D eigenvalue weighted by molar-refractivity contribution is -0.384. The van der Waals surface area contributed by atoms with Crippen molar-refractivity contribution in [3.05, 3.63) is 62.1 Å². The summed E-state index contributed by atoms with van der Waals surface area (Å²) in [6, 6.07) is 8.32. The average Bonchev–Trinajstić information content (AvgIpc) is 2.63. The molecule has 0 saturated heterocycles.